The highest BCUT2D eigenvalue weighted by atomic mass is 16.5. The molecule has 126 valence electrons. The molecule has 5 N–H and O–H groups in total. The molecule has 0 amide bonds. The van der Waals surface area contributed by atoms with E-state index in [0.717, 1.165) is 0 Å². The van der Waals surface area contributed by atoms with Gasteiger partial charge in [-0.05, 0) is 36.4 Å². The summed E-state index contributed by atoms with van der Waals surface area (Å²) in [6.45, 7) is 0. The van der Waals surface area contributed by atoms with Crippen LogP contribution in [0, 0.1) is 0 Å². The van der Waals surface area contributed by atoms with Gasteiger partial charge in [-0.1, -0.05) is 5.16 Å². The van der Waals surface area contributed by atoms with E-state index in [1.807, 2.05) is 0 Å². The number of hydrogen-bond acceptors (Lipinski definition) is 6. The average molecular weight is 331 g/mol. The Hall–Kier alpha value is -3.42. The van der Waals surface area contributed by atoms with Crippen LogP contribution < -0.4 is 20.5 Å². The summed E-state index contributed by atoms with van der Waals surface area (Å²) in [7, 11) is 2.80. The molecular weight excluding hydrogens is 314 g/mol. The van der Waals surface area contributed by atoms with E-state index in [4.69, 9.17) is 20.4 Å². The maximum absolute atomic E-state index is 11.2. The van der Waals surface area contributed by atoms with E-state index < -0.39 is 5.97 Å². The summed E-state index contributed by atoms with van der Waals surface area (Å²) in [5, 5.41) is 23.9. The van der Waals surface area contributed by atoms with E-state index in [0.29, 0.717) is 16.9 Å². The van der Waals surface area contributed by atoms with Crippen molar-refractivity contribution in [2.75, 3.05) is 19.5 Å². The van der Waals surface area contributed by atoms with Crippen molar-refractivity contribution in [3.8, 4) is 11.5 Å². The van der Waals surface area contributed by atoms with Gasteiger partial charge in [-0.25, -0.2) is 4.79 Å². The molecule has 0 fully saturated rings. The SMILES string of the molecule is COc1c(Nc2ccc(C(N)=NO)cc2)ccc(C(=O)O)c1OC. The Bertz CT molecular complexity index is 772. The van der Waals surface area contributed by atoms with Gasteiger partial charge in [0.05, 0.1) is 19.9 Å². The summed E-state index contributed by atoms with van der Waals surface area (Å²) in [6.07, 6.45) is 0. The van der Waals surface area contributed by atoms with Crippen LogP contribution in [-0.4, -0.2) is 36.3 Å². The van der Waals surface area contributed by atoms with E-state index in [-0.39, 0.29) is 22.9 Å². The largest absolute Gasteiger partial charge is 0.492 e. The number of nitrogens with one attached hydrogen (secondary N) is 1. The maximum atomic E-state index is 11.2. The number of anilines is 2. The van der Waals surface area contributed by atoms with Gasteiger partial charge in [0.2, 0.25) is 0 Å². The Morgan fingerprint density at radius 2 is 1.71 bits per heavy atom. The summed E-state index contributed by atoms with van der Waals surface area (Å²) in [5.74, 6) is -0.701. The lowest BCUT2D eigenvalue weighted by Crippen LogP contribution is -2.12. The topological polar surface area (TPSA) is 126 Å². The number of methoxy groups -OCH3 is 2. The van der Waals surface area contributed by atoms with Crippen LogP contribution >= 0.6 is 0 Å². The van der Waals surface area contributed by atoms with Gasteiger partial charge in [0.25, 0.3) is 0 Å². The molecular formula is C16H17N3O5. The third-order valence-corrected chi connectivity index (χ3v) is 3.32. The lowest BCUT2D eigenvalue weighted by atomic mass is 10.1. The van der Waals surface area contributed by atoms with Crippen LogP contribution in [0.15, 0.2) is 41.6 Å². The normalized spacial score (nSPS) is 11.0. The molecule has 2 aromatic carbocycles. The van der Waals surface area contributed by atoms with Gasteiger partial charge in [-0.2, -0.15) is 0 Å². The molecule has 2 rings (SSSR count). The van der Waals surface area contributed by atoms with Gasteiger partial charge >= 0.3 is 5.97 Å². The summed E-state index contributed by atoms with van der Waals surface area (Å²) in [4.78, 5) is 11.2. The number of amidine groups is 1. The zero-order chi connectivity index (χ0) is 17.7. The highest BCUT2D eigenvalue weighted by Crippen LogP contribution is 2.39. The number of carboxylic acids is 1. The number of nitrogens with zero attached hydrogens (tertiary/aromatic N) is 1. The zero-order valence-electron chi connectivity index (χ0n) is 13.1. The highest BCUT2D eigenvalue weighted by molar-refractivity contribution is 5.97. The van der Waals surface area contributed by atoms with Gasteiger partial charge < -0.3 is 30.8 Å². The van der Waals surface area contributed by atoms with Crippen LogP contribution in [-0.2, 0) is 0 Å². The lowest BCUT2D eigenvalue weighted by molar-refractivity contribution is 0.0692. The van der Waals surface area contributed by atoms with Crippen LogP contribution in [0.3, 0.4) is 0 Å². The number of rotatable bonds is 6. The summed E-state index contributed by atoms with van der Waals surface area (Å²) < 4.78 is 10.5. The van der Waals surface area contributed by atoms with Crippen molar-refractivity contribution in [2.24, 2.45) is 10.9 Å². The van der Waals surface area contributed by atoms with Crippen molar-refractivity contribution in [3.05, 3.63) is 47.5 Å². The van der Waals surface area contributed by atoms with E-state index >= 15 is 0 Å². The van der Waals surface area contributed by atoms with Gasteiger partial charge in [-0.15, -0.1) is 0 Å². The lowest BCUT2D eigenvalue weighted by Gasteiger charge is -2.16. The molecule has 0 aliphatic rings. The van der Waals surface area contributed by atoms with Crippen molar-refractivity contribution >= 4 is 23.2 Å². The first-order valence-electron chi connectivity index (χ1n) is 6.85. The fourth-order valence-electron chi connectivity index (χ4n) is 2.17. The predicted molar refractivity (Wildman–Crippen MR) is 88.7 cm³/mol. The van der Waals surface area contributed by atoms with Crippen LogP contribution in [0.5, 0.6) is 11.5 Å². The van der Waals surface area contributed by atoms with Crippen LogP contribution in [0.25, 0.3) is 0 Å². The third-order valence-electron chi connectivity index (χ3n) is 3.32. The molecule has 0 saturated heterocycles. The minimum absolute atomic E-state index is 0.00202. The number of aromatic carboxylic acids is 1. The molecule has 0 radical (unpaired) electrons. The second-order valence-corrected chi connectivity index (χ2v) is 4.72. The summed E-state index contributed by atoms with van der Waals surface area (Å²) >= 11 is 0. The van der Waals surface area contributed by atoms with Crippen molar-refractivity contribution < 1.29 is 24.6 Å². The maximum Gasteiger partial charge on any atom is 0.339 e. The smallest absolute Gasteiger partial charge is 0.339 e. The fourth-order valence-corrected chi connectivity index (χ4v) is 2.17. The number of hydrogen-bond donors (Lipinski definition) is 4. The third kappa shape index (κ3) is 3.32. The molecule has 0 saturated carbocycles. The minimum atomic E-state index is -1.11. The molecule has 8 nitrogen and oxygen atoms in total. The Labute approximate surface area is 138 Å². The molecule has 0 atom stereocenters. The van der Waals surface area contributed by atoms with Gasteiger partial charge in [-0.3, -0.25) is 0 Å². The van der Waals surface area contributed by atoms with Crippen molar-refractivity contribution in [1.82, 2.24) is 0 Å². The molecule has 2 aromatic rings. The quantitative estimate of drug-likeness (QED) is 0.277. The van der Waals surface area contributed by atoms with Crippen LogP contribution in [0.2, 0.25) is 0 Å². The highest BCUT2D eigenvalue weighted by Gasteiger charge is 2.19. The number of benzene rings is 2. The van der Waals surface area contributed by atoms with Crippen molar-refractivity contribution in [1.29, 1.82) is 0 Å². The predicted octanol–water partition coefficient (Wildman–Crippen LogP) is 2.24. The number of carboxylic acid groups (broad SMARTS) is 1. The fraction of sp³-hybridized carbons (Fsp3) is 0.125. The van der Waals surface area contributed by atoms with E-state index in [2.05, 4.69) is 10.5 Å². The molecule has 0 aliphatic heterocycles. The number of nitrogens with two attached hydrogens (primary N) is 1. The Balaban J connectivity index is 2.37. The van der Waals surface area contributed by atoms with Crippen LogP contribution in [0.4, 0.5) is 11.4 Å². The molecule has 0 bridgehead atoms. The van der Waals surface area contributed by atoms with E-state index in [1.165, 1.54) is 20.3 Å². The molecule has 8 heteroatoms. The van der Waals surface area contributed by atoms with Crippen molar-refractivity contribution in [2.45, 2.75) is 0 Å². The van der Waals surface area contributed by atoms with Gasteiger partial charge in [0.15, 0.2) is 17.3 Å². The standard InChI is InChI=1S/C16H17N3O5/c1-23-13-11(16(20)21)7-8-12(14(13)24-2)18-10-5-3-9(4-6-10)15(17)19-22/h3-8,18,22H,1-2H3,(H2,17,19)(H,20,21). The molecule has 0 aromatic heterocycles. The minimum Gasteiger partial charge on any atom is -0.492 e. The van der Waals surface area contributed by atoms with Gasteiger partial charge in [0, 0.05) is 11.3 Å². The molecule has 0 heterocycles. The second-order valence-electron chi connectivity index (χ2n) is 4.72. The number of ether oxygens (including phenoxy) is 2. The van der Waals surface area contributed by atoms with Crippen LogP contribution in [0.1, 0.15) is 15.9 Å². The molecule has 0 aliphatic carbocycles. The first-order valence-corrected chi connectivity index (χ1v) is 6.85. The zero-order valence-corrected chi connectivity index (χ0v) is 13.1. The summed E-state index contributed by atoms with van der Waals surface area (Å²) in [5.41, 5.74) is 7.32. The molecule has 0 unspecified atom stereocenters. The molecule has 0 spiro atoms. The average Bonchev–Trinajstić information content (AvgIpc) is 2.60. The number of oxime groups is 1. The van der Waals surface area contributed by atoms with Crippen molar-refractivity contribution in [3.63, 3.8) is 0 Å². The first kappa shape index (κ1) is 16.9. The van der Waals surface area contributed by atoms with E-state index in [9.17, 15) is 9.90 Å². The summed E-state index contributed by atoms with van der Waals surface area (Å²) in [6, 6.07) is 9.81. The Kier molecular flexibility index (Phi) is 5.10. The van der Waals surface area contributed by atoms with Gasteiger partial charge in [0.1, 0.15) is 5.56 Å². The Morgan fingerprint density at radius 3 is 2.21 bits per heavy atom. The second kappa shape index (κ2) is 7.23. The number of carbonyl (C=O) groups is 1. The first-order chi connectivity index (χ1) is 11.5. The monoisotopic (exact) mass is 331 g/mol. The van der Waals surface area contributed by atoms with E-state index in [1.54, 1.807) is 30.3 Å². The molecule has 24 heavy (non-hydrogen) atoms. The Morgan fingerprint density at radius 1 is 1.08 bits per heavy atom.